The van der Waals surface area contributed by atoms with Crippen LogP contribution in [0, 0.1) is 0 Å². The fraction of sp³-hybridized carbons (Fsp3) is 0.476. The van der Waals surface area contributed by atoms with Gasteiger partial charge in [0.2, 0.25) is 5.91 Å². The largest absolute Gasteiger partial charge is 0.390 e. The van der Waals surface area contributed by atoms with E-state index in [0.29, 0.717) is 0 Å². The number of anilines is 2. The summed E-state index contributed by atoms with van der Waals surface area (Å²) in [6.45, 7) is 13.0. The van der Waals surface area contributed by atoms with Crippen molar-refractivity contribution in [3.63, 3.8) is 0 Å². The van der Waals surface area contributed by atoms with Crippen LogP contribution in [0.15, 0.2) is 28.5 Å². The van der Waals surface area contributed by atoms with Crippen molar-refractivity contribution in [2.45, 2.75) is 56.7 Å². The highest BCUT2D eigenvalue weighted by Gasteiger charge is 2.27. The number of hydrogen-bond acceptors (Lipinski definition) is 5. The Labute approximate surface area is 171 Å². The number of thioether (sulfide) groups is 1. The van der Waals surface area contributed by atoms with Gasteiger partial charge in [-0.15, -0.1) is 23.1 Å². The Morgan fingerprint density at radius 2 is 1.85 bits per heavy atom. The van der Waals surface area contributed by atoms with Crippen molar-refractivity contribution in [1.82, 2.24) is 5.32 Å². The predicted octanol–water partition coefficient (Wildman–Crippen LogP) is 5.34. The van der Waals surface area contributed by atoms with Crippen LogP contribution in [0.1, 0.15) is 47.1 Å². The number of thiophene rings is 1. The van der Waals surface area contributed by atoms with Crippen LogP contribution in [-0.2, 0) is 10.2 Å². The van der Waals surface area contributed by atoms with Crippen LogP contribution in [0.3, 0.4) is 0 Å². The summed E-state index contributed by atoms with van der Waals surface area (Å²) in [6, 6.07) is 7.94. The minimum Gasteiger partial charge on any atom is -0.390 e. The summed E-state index contributed by atoms with van der Waals surface area (Å²) < 4.78 is 1.25. The molecule has 0 atom stereocenters. The van der Waals surface area contributed by atoms with E-state index in [1.807, 2.05) is 39.0 Å². The molecule has 0 aliphatic heterocycles. The first kappa shape index (κ1) is 21.8. The molecule has 0 unspecified atom stereocenters. The fourth-order valence-corrected chi connectivity index (χ4v) is 5.09. The van der Waals surface area contributed by atoms with Gasteiger partial charge in [0.05, 0.1) is 15.8 Å². The zero-order valence-electron chi connectivity index (χ0n) is 17.3. The van der Waals surface area contributed by atoms with Gasteiger partial charge in [0.1, 0.15) is 0 Å². The molecule has 0 aliphatic rings. The molecule has 0 saturated carbocycles. The predicted molar refractivity (Wildman–Crippen MR) is 121 cm³/mol. The molecule has 2 aromatic rings. The van der Waals surface area contributed by atoms with E-state index in [1.165, 1.54) is 9.77 Å². The van der Waals surface area contributed by atoms with Crippen LogP contribution < -0.4 is 16.4 Å². The van der Waals surface area contributed by atoms with E-state index in [4.69, 9.17) is 5.73 Å². The molecule has 4 nitrogen and oxygen atoms in total. The molecule has 6 heteroatoms. The molecular weight excluding hydrogens is 374 g/mol. The van der Waals surface area contributed by atoms with Crippen LogP contribution in [-0.4, -0.2) is 24.2 Å². The lowest BCUT2D eigenvalue weighted by Crippen LogP contribution is -2.41. The first-order valence-corrected chi connectivity index (χ1v) is 11.1. The molecule has 0 aliphatic carbocycles. The molecule has 1 amide bonds. The van der Waals surface area contributed by atoms with Gasteiger partial charge in [-0.2, -0.15) is 0 Å². The molecule has 0 radical (unpaired) electrons. The minimum absolute atomic E-state index is 0.0162. The molecule has 2 rings (SSSR count). The first-order valence-electron chi connectivity index (χ1n) is 9.04. The number of nitrogens with one attached hydrogen (secondary N) is 2. The second-order valence-corrected chi connectivity index (χ2v) is 10.8. The van der Waals surface area contributed by atoms with Crippen LogP contribution in [0.2, 0.25) is 0 Å². The highest BCUT2D eigenvalue weighted by molar-refractivity contribution is 8.00. The van der Waals surface area contributed by atoms with Gasteiger partial charge in [-0.1, -0.05) is 32.9 Å². The fourth-order valence-electron chi connectivity index (χ4n) is 2.84. The summed E-state index contributed by atoms with van der Waals surface area (Å²) in [4.78, 5) is 12.3. The minimum atomic E-state index is -0.0971. The third-order valence-corrected chi connectivity index (χ3v) is 6.19. The van der Waals surface area contributed by atoms with Crippen molar-refractivity contribution >= 4 is 39.7 Å². The Morgan fingerprint density at radius 3 is 2.41 bits per heavy atom. The average molecular weight is 406 g/mol. The average Bonchev–Trinajstić information content (AvgIpc) is 2.89. The molecule has 148 valence electrons. The number of hydrogen-bond donors (Lipinski definition) is 3. The number of carbonyl (C=O) groups is 1. The summed E-state index contributed by atoms with van der Waals surface area (Å²) in [5.74, 6) is -0.0544. The molecule has 1 aromatic heterocycles. The summed E-state index contributed by atoms with van der Waals surface area (Å²) in [7, 11) is 0. The maximum atomic E-state index is 12.3. The number of nitrogens with two attached hydrogens (primary N) is 1. The lowest BCUT2D eigenvalue weighted by atomic mass is 9.84. The van der Waals surface area contributed by atoms with Crippen LogP contribution in [0.25, 0.3) is 11.1 Å². The Balaban J connectivity index is 2.33. The van der Waals surface area contributed by atoms with E-state index < -0.39 is 0 Å². The summed E-state index contributed by atoms with van der Waals surface area (Å²) in [5.41, 5.74) is 10.5. The van der Waals surface area contributed by atoms with Gasteiger partial charge < -0.3 is 16.4 Å². The standard InChI is InChI=1S/C21H31N3OS2/c1-20(2,3)17-16(18(22)27-19(17)26-7)13-9-8-10-14(11-13)24-15(25)12-23-21(4,5)6/h8-11,23H,12,22H2,1-7H3,(H,24,25). The lowest BCUT2D eigenvalue weighted by Gasteiger charge is -2.22. The Morgan fingerprint density at radius 1 is 1.19 bits per heavy atom. The smallest absolute Gasteiger partial charge is 0.238 e. The van der Waals surface area contributed by atoms with Gasteiger partial charge >= 0.3 is 0 Å². The first-order chi connectivity index (χ1) is 12.4. The van der Waals surface area contributed by atoms with Crippen molar-refractivity contribution in [3.8, 4) is 11.1 Å². The zero-order valence-corrected chi connectivity index (χ0v) is 19.0. The highest BCUT2D eigenvalue weighted by atomic mass is 32.2. The second-order valence-electron chi connectivity index (χ2n) is 8.69. The Bertz CT molecular complexity index is 814. The number of carbonyl (C=O) groups excluding carboxylic acids is 1. The lowest BCUT2D eigenvalue weighted by molar-refractivity contribution is -0.115. The number of amides is 1. The molecule has 0 bridgehead atoms. The van der Waals surface area contributed by atoms with E-state index in [1.54, 1.807) is 23.1 Å². The van der Waals surface area contributed by atoms with Crippen molar-refractivity contribution in [2.75, 3.05) is 23.9 Å². The van der Waals surface area contributed by atoms with Gasteiger partial charge in [0.15, 0.2) is 0 Å². The molecule has 1 aromatic carbocycles. The van der Waals surface area contributed by atoms with E-state index in [-0.39, 0.29) is 23.4 Å². The van der Waals surface area contributed by atoms with Gasteiger partial charge in [-0.25, -0.2) is 0 Å². The SMILES string of the molecule is CSc1sc(N)c(-c2cccc(NC(=O)CNC(C)(C)C)c2)c1C(C)(C)C. The summed E-state index contributed by atoms with van der Waals surface area (Å²) in [5, 5.41) is 7.00. The molecule has 0 spiro atoms. The molecule has 27 heavy (non-hydrogen) atoms. The van der Waals surface area contributed by atoms with E-state index in [9.17, 15) is 4.79 Å². The van der Waals surface area contributed by atoms with Gasteiger partial charge in [0, 0.05) is 16.8 Å². The van der Waals surface area contributed by atoms with Crippen LogP contribution in [0.4, 0.5) is 10.7 Å². The second kappa shape index (κ2) is 8.25. The Kier molecular flexibility index (Phi) is 6.66. The van der Waals surface area contributed by atoms with Crippen molar-refractivity contribution in [2.24, 2.45) is 0 Å². The molecule has 0 fully saturated rings. The van der Waals surface area contributed by atoms with Crippen molar-refractivity contribution in [3.05, 3.63) is 29.8 Å². The normalized spacial score (nSPS) is 12.3. The number of rotatable bonds is 5. The monoisotopic (exact) mass is 405 g/mol. The maximum Gasteiger partial charge on any atom is 0.238 e. The van der Waals surface area contributed by atoms with Gasteiger partial charge in [-0.3, -0.25) is 4.79 Å². The van der Waals surface area contributed by atoms with Crippen LogP contribution in [0.5, 0.6) is 0 Å². The quantitative estimate of drug-likeness (QED) is 0.587. The summed E-state index contributed by atoms with van der Waals surface area (Å²) in [6.07, 6.45) is 2.09. The molecule has 4 N–H and O–H groups in total. The third-order valence-electron chi connectivity index (χ3n) is 4.05. The topological polar surface area (TPSA) is 67.1 Å². The van der Waals surface area contributed by atoms with Crippen molar-refractivity contribution < 1.29 is 4.79 Å². The number of nitrogen functional groups attached to an aromatic ring is 1. The van der Waals surface area contributed by atoms with Crippen molar-refractivity contribution in [1.29, 1.82) is 0 Å². The number of benzene rings is 1. The van der Waals surface area contributed by atoms with Gasteiger partial charge in [0.25, 0.3) is 0 Å². The Hall–Kier alpha value is -1.50. The molecule has 0 saturated heterocycles. The molecule has 1 heterocycles. The molecular formula is C21H31N3OS2. The van der Waals surface area contributed by atoms with Crippen LogP contribution >= 0.6 is 23.1 Å². The van der Waals surface area contributed by atoms with Gasteiger partial charge in [-0.05, 0) is 55.7 Å². The summed E-state index contributed by atoms with van der Waals surface area (Å²) >= 11 is 3.37. The third kappa shape index (κ3) is 5.74. The van der Waals surface area contributed by atoms with E-state index in [2.05, 4.69) is 43.7 Å². The maximum absolute atomic E-state index is 12.3. The highest BCUT2D eigenvalue weighted by Crippen LogP contribution is 2.48. The zero-order chi connectivity index (χ0) is 20.4. The van der Waals surface area contributed by atoms with E-state index in [0.717, 1.165) is 21.8 Å². The van der Waals surface area contributed by atoms with E-state index >= 15 is 0 Å².